The predicted molar refractivity (Wildman–Crippen MR) is 125 cm³/mol. The summed E-state index contributed by atoms with van der Waals surface area (Å²) in [6.45, 7) is 5.84. The SMILES string of the molecule is c1ccc(CN2CCC[C@]3(CCCN3Cc3ccc(-c4ccccc4)cc3)C2)cc1. The van der Waals surface area contributed by atoms with Crippen molar-refractivity contribution in [1.82, 2.24) is 9.80 Å². The van der Waals surface area contributed by atoms with Crippen LogP contribution < -0.4 is 0 Å². The third-order valence-corrected chi connectivity index (χ3v) is 7.06. The molecule has 0 unspecified atom stereocenters. The average molecular weight is 397 g/mol. The van der Waals surface area contributed by atoms with Gasteiger partial charge in [-0.05, 0) is 61.0 Å². The average Bonchev–Trinajstić information content (AvgIpc) is 3.16. The predicted octanol–water partition coefficient (Wildman–Crippen LogP) is 5.98. The molecule has 3 aromatic rings. The smallest absolute Gasteiger partial charge is 0.0341 e. The van der Waals surface area contributed by atoms with Gasteiger partial charge in [-0.25, -0.2) is 0 Å². The molecule has 3 aromatic carbocycles. The van der Waals surface area contributed by atoms with Gasteiger partial charge in [-0.2, -0.15) is 0 Å². The van der Waals surface area contributed by atoms with Crippen molar-refractivity contribution in [3.05, 3.63) is 96.1 Å². The fourth-order valence-electron chi connectivity index (χ4n) is 5.54. The second kappa shape index (κ2) is 8.75. The molecule has 0 saturated carbocycles. The van der Waals surface area contributed by atoms with E-state index in [1.165, 1.54) is 67.6 Å². The maximum Gasteiger partial charge on any atom is 0.0341 e. The van der Waals surface area contributed by atoms with Crippen LogP contribution in [0.4, 0.5) is 0 Å². The topological polar surface area (TPSA) is 6.48 Å². The lowest BCUT2D eigenvalue weighted by Gasteiger charge is -2.46. The maximum absolute atomic E-state index is 2.79. The number of piperidine rings is 1. The summed E-state index contributed by atoms with van der Waals surface area (Å²) >= 11 is 0. The molecule has 154 valence electrons. The van der Waals surface area contributed by atoms with Crippen LogP contribution in [0.2, 0.25) is 0 Å². The van der Waals surface area contributed by atoms with Crippen LogP contribution in [-0.4, -0.2) is 35.0 Å². The monoisotopic (exact) mass is 396 g/mol. The van der Waals surface area contributed by atoms with Crippen molar-refractivity contribution in [3.63, 3.8) is 0 Å². The Hall–Kier alpha value is -2.42. The van der Waals surface area contributed by atoms with Gasteiger partial charge in [-0.3, -0.25) is 9.80 Å². The third kappa shape index (κ3) is 4.21. The normalized spacial score (nSPS) is 22.5. The zero-order valence-corrected chi connectivity index (χ0v) is 17.8. The summed E-state index contributed by atoms with van der Waals surface area (Å²) in [6, 6.07) is 30.9. The molecule has 5 rings (SSSR count). The number of hydrogen-bond donors (Lipinski definition) is 0. The Morgan fingerprint density at radius 3 is 1.93 bits per heavy atom. The van der Waals surface area contributed by atoms with Crippen molar-refractivity contribution in [3.8, 4) is 11.1 Å². The minimum absolute atomic E-state index is 0.366. The summed E-state index contributed by atoms with van der Waals surface area (Å²) in [6.07, 6.45) is 5.35. The molecule has 0 bridgehead atoms. The Kier molecular flexibility index (Phi) is 5.70. The first-order valence-corrected chi connectivity index (χ1v) is 11.5. The van der Waals surface area contributed by atoms with Crippen molar-refractivity contribution in [1.29, 1.82) is 0 Å². The van der Waals surface area contributed by atoms with Crippen LogP contribution in [0.3, 0.4) is 0 Å². The molecule has 1 atom stereocenters. The first kappa shape index (κ1) is 19.5. The molecule has 2 heteroatoms. The Labute approximate surface area is 181 Å². The lowest BCUT2D eigenvalue weighted by atomic mass is 9.86. The summed E-state index contributed by atoms with van der Waals surface area (Å²) < 4.78 is 0. The number of nitrogens with zero attached hydrogens (tertiary/aromatic N) is 2. The quantitative estimate of drug-likeness (QED) is 0.523. The van der Waals surface area contributed by atoms with Gasteiger partial charge < -0.3 is 0 Å². The Morgan fingerprint density at radius 2 is 1.20 bits per heavy atom. The molecule has 2 nitrogen and oxygen atoms in total. The molecule has 1 spiro atoms. The van der Waals surface area contributed by atoms with E-state index in [9.17, 15) is 0 Å². The van der Waals surface area contributed by atoms with E-state index in [4.69, 9.17) is 0 Å². The molecular weight excluding hydrogens is 364 g/mol. The molecule has 0 N–H and O–H groups in total. The summed E-state index contributed by atoms with van der Waals surface area (Å²) in [7, 11) is 0. The minimum atomic E-state index is 0.366. The number of hydrogen-bond acceptors (Lipinski definition) is 2. The summed E-state index contributed by atoms with van der Waals surface area (Å²) in [4.78, 5) is 5.48. The second-order valence-corrected chi connectivity index (χ2v) is 9.11. The van der Waals surface area contributed by atoms with Gasteiger partial charge in [0.15, 0.2) is 0 Å². The highest BCUT2D eigenvalue weighted by Crippen LogP contribution is 2.38. The van der Waals surface area contributed by atoms with Gasteiger partial charge in [-0.15, -0.1) is 0 Å². The largest absolute Gasteiger partial charge is 0.297 e. The van der Waals surface area contributed by atoms with E-state index < -0.39 is 0 Å². The first-order chi connectivity index (χ1) is 14.8. The number of benzene rings is 3. The van der Waals surface area contributed by atoms with Crippen LogP contribution in [0.5, 0.6) is 0 Å². The van der Waals surface area contributed by atoms with Crippen LogP contribution in [-0.2, 0) is 13.1 Å². The molecule has 0 amide bonds. The third-order valence-electron chi connectivity index (χ3n) is 7.06. The highest BCUT2D eigenvalue weighted by Gasteiger charge is 2.43. The van der Waals surface area contributed by atoms with Crippen LogP contribution in [0.15, 0.2) is 84.9 Å². The molecular formula is C28H32N2. The number of likely N-dealkylation sites (tertiary alicyclic amines) is 2. The van der Waals surface area contributed by atoms with Gasteiger partial charge in [0.05, 0.1) is 0 Å². The molecule has 2 aliphatic rings. The molecule has 2 saturated heterocycles. The zero-order valence-electron chi connectivity index (χ0n) is 17.8. The van der Waals surface area contributed by atoms with Gasteiger partial charge >= 0.3 is 0 Å². The lowest BCUT2D eigenvalue weighted by Crippen LogP contribution is -2.55. The fourth-order valence-corrected chi connectivity index (χ4v) is 5.54. The lowest BCUT2D eigenvalue weighted by molar-refractivity contribution is 0.0328. The first-order valence-electron chi connectivity index (χ1n) is 11.5. The van der Waals surface area contributed by atoms with E-state index in [1.807, 2.05) is 0 Å². The van der Waals surface area contributed by atoms with E-state index in [2.05, 4.69) is 94.7 Å². The maximum atomic E-state index is 2.79. The molecule has 2 fully saturated rings. The Bertz CT molecular complexity index is 935. The second-order valence-electron chi connectivity index (χ2n) is 9.11. The van der Waals surface area contributed by atoms with Gasteiger partial charge in [0.25, 0.3) is 0 Å². The number of rotatable bonds is 5. The van der Waals surface area contributed by atoms with Crippen LogP contribution in [0.1, 0.15) is 36.8 Å². The summed E-state index contributed by atoms with van der Waals surface area (Å²) in [5, 5.41) is 0. The summed E-state index contributed by atoms with van der Waals surface area (Å²) in [5.41, 5.74) is 5.85. The molecule has 0 aliphatic carbocycles. The van der Waals surface area contributed by atoms with Gasteiger partial charge in [0.1, 0.15) is 0 Å². The van der Waals surface area contributed by atoms with Crippen LogP contribution in [0.25, 0.3) is 11.1 Å². The Balaban J connectivity index is 1.27. The van der Waals surface area contributed by atoms with E-state index >= 15 is 0 Å². The molecule has 30 heavy (non-hydrogen) atoms. The fraction of sp³-hybridized carbons (Fsp3) is 0.357. The molecule has 0 aromatic heterocycles. The van der Waals surface area contributed by atoms with Gasteiger partial charge in [-0.1, -0.05) is 84.9 Å². The Morgan fingerprint density at radius 1 is 0.600 bits per heavy atom. The molecule has 2 aliphatic heterocycles. The van der Waals surface area contributed by atoms with Crippen LogP contribution in [0, 0.1) is 0 Å². The van der Waals surface area contributed by atoms with Gasteiger partial charge in [0, 0.05) is 25.2 Å². The van der Waals surface area contributed by atoms with Crippen molar-refractivity contribution >= 4 is 0 Å². The van der Waals surface area contributed by atoms with E-state index in [0.29, 0.717) is 5.54 Å². The minimum Gasteiger partial charge on any atom is -0.297 e. The summed E-state index contributed by atoms with van der Waals surface area (Å²) in [5.74, 6) is 0. The van der Waals surface area contributed by atoms with Crippen molar-refractivity contribution in [2.24, 2.45) is 0 Å². The highest BCUT2D eigenvalue weighted by atomic mass is 15.3. The highest BCUT2D eigenvalue weighted by molar-refractivity contribution is 5.63. The van der Waals surface area contributed by atoms with Gasteiger partial charge in [0.2, 0.25) is 0 Å². The molecule has 2 heterocycles. The van der Waals surface area contributed by atoms with Crippen molar-refractivity contribution in [2.45, 2.75) is 44.3 Å². The van der Waals surface area contributed by atoms with Crippen LogP contribution >= 0.6 is 0 Å². The van der Waals surface area contributed by atoms with E-state index in [-0.39, 0.29) is 0 Å². The van der Waals surface area contributed by atoms with Crippen molar-refractivity contribution < 1.29 is 0 Å². The zero-order chi connectivity index (χ0) is 20.2. The van der Waals surface area contributed by atoms with Crippen molar-refractivity contribution in [2.75, 3.05) is 19.6 Å². The van der Waals surface area contributed by atoms with E-state index in [1.54, 1.807) is 0 Å². The van der Waals surface area contributed by atoms with E-state index in [0.717, 1.165) is 13.1 Å². The standard InChI is InChI=1S/C28H32N2/c1-3-9-24(10-4-1)21-29-19-7-17-28(23-29)18-8-20-30(28)22-25-13-15-27(16-14-25)26-11-5-2-6-12-26/h1-6,9-16H,7-8,17-23H2/t28-/m0/s1. The molecule has 0 radical (unpaired) electrons.